The van der Waals surface area contributed by atoms with E-state index in [0.29, 0.717) is 17.9 Å². The van der Waals surface area contributed by atoms with Crippen molar-refractivity contribution in [2.75, 3.05) is 5.32 Å². The van der Waals surface area contributed by atoms with Crippen LogP contribution in [0.4, 0.5) is 5.69 Å². The molecule has 2 aliphatic carbocycles. The van der Waals surface area contributed by atoms with E-state index in [9.17, 15) is 0 Å². The molecule has 1 aliphatic heterocycles. The molecule has 0 spiro atoms. The lowest BCUT2D eigenvalue weighted by molar-refractivity contribution is 0.248. The molecule has 6 rings (SSSR count). The van der Waals surface area contributed by atoms with Gasteiger partial charge in [0.05, 0.1) is 11.7 Å². The molecule has 0 amide bonds. The molecule has 2 saturated carbocycles. The third kappa shape index (κ3) is 1.75. The lowest BCUT2D eigenvalue weighted by Gasteiger charge is -2.43. The summed E-state index contributed by atoms with van der Waals surface area (Å²) in [5.74, 6) is 3.11. The Bertz CT molecular complexity index is 981. The van der Waals surface area contributed by atoms with Gasteiger partial charge in [0, 0.05) is 41.6 Å². The molecular weight excluding hydrogens is 308 g/mol. The maximum Gasteiger partial charge on any atom is 0.0646 e. The van der Waals surface area contributed by atoms with Crippen LogP contribution in [0.25, 0.3) is 10.9 Å². The fourth-order valence-corrected chi connectivity index (χ4v) is 6.36. The van der Waals surface area contributed by atoms with Gasteiger partial charge in [0.2, 0.25) is 0 Å². The SMILES string of the molecule is Cc1nn(C)cc1[C@@H]1Nc2ccc3[nH]ccc3c2[C@H]2[C@@H]3CC[C@@H](C3)[C@H]21. The molecule has 2 N–H and O–H groups in total. The highest BCUT2D eigenvalue weighted by Gasteiger charge is 2.54. The van der Waals surface area contributed by atoms with E-state index in [1.54, 1.807) is 5.56 Å². The van der Waals surface area contributed by atoms with Gasteiger partial charge in [0.15, 0.2) is 0 Å². The highest BCUT2D eigenvalue weighted by Crippen LogP contribution is 2.64. The molecule has 3 heterocycles. The zero-order chi connectivity index (χ0) is 16.7. The number of fused-ring (bicyclic) bond motifs is 9. The molecule has 3 aromatic rings. The van der Waals surface area contributed by atoms with E-state index in [2.05, 4.69) is 52.9 Å². The quantitative estimate of drug-likeness (QED) is 0.689. The fraction of sp³-hybridized carbons (Fsp3) is 0.476. The number of rotatable bonds is 1. The Morgan fingerprint density at radius 3 is 2.88 bits per heavy atom. The highest BCUT2D eigenvalue weighted by atomic mass is 15.3. The first-order valence-electron chi connectivity index (χ1n) is 9.57. The van der Waals surface area contributed by atoms with Gasteiger partial charge in [-0.25, -0.2) is 0 Å². The fourth-order valence-electron chi connectivity index (χ4n) is 6.36. The van der Waals surface area contributed by atoms with Crippen LogP contribution in [0.1, 0.15) is 48.0 Å². The summed E-state index contributed by atoms with van der Waals surface area (Å²) in [5, 5.41) is 10.00. The summed E-state index contributed by atoms with van der Waals surface area (Å²) >= 11 is 0. The molecule has 0 unspecified atom stereocenters. The third-order valence-corrected chi connectivity index (χ3v) is 7.17. The normalized spacial score (nSPS) is 32.6. The van der Waals surface area contributed by atoms with Crippen LogP contribution in [0.5, 0.6) is 0 Å². The van der Waals surface area contributed by atoms with Crippen molar-refractivity contribution in [1.82, 2.24) is 14.8 Å². The second-order valence-corrected chi connectivity index (χ2v) is 8.37. The highest BCUT2D eigenvalue weighted by molar-refractivity contribution is 5.89. The predicted octanol–water partition coefficient (Wildman–Crippen LogP) is 4.51. The first kappa shape index (κ1) is 14.0. The number of hydrogen-bond acceptors (Lipinski definition) is 2. The van der Waals surface area contributed by atoms with Gasteiger partial charge in [-0.15, -0.1) is 0 Å². The van der Waals surface area contributed by atoms with Gasteiger partial charge in [-0.3, -0.25) is 4.68 Å². The van der Waals surface area contributed by atoms with E-state index in [-0.39, 0.29) is 0 Å². The molecule has 5 atom stereocenters. The molecule has 4 nitrogen and oxygen atoms in total. The van der Waals surface area contributed by atoms with Crippen molar-refractivity contribution in [2.24, 2.45) is 24.8 Å². The molecular formula is C21H24N4. The van der Waals surface area contributed by atoms with E-state index < -0.39 is 0 Å². The molecule has 0 radical (unpaired) electrons. The maximum absolute atomic E-state index is 4.63. The van der Waals surface area contributed by atoms with Gasteiger partial charge in [0.1, 0.15) is 0 Å². The molecule has 3 aliphatic rings. The Morgan fingerprint density at radius 1 is 1.16 bits per heavy atom. The van der Waals surface area contributed by atoms with Gasteiger partial charge in [-0.1, -0.05) is 0 Å². The number of aromatic nitrogens is 3. The predicted molar refractivity (Wildman–Crippen MR) is 99.7 cm³/mol. The summed E-state index contributed by atoms with van der Waals surface area (Å²) in [5.41, 5.74) is 6.76. The minimum Gasteiger partial charge on any atom is -0.378 e. The molecule has 1 aromatic carbocycles. The molecule has 2 aromatic heterocycles. The van der Waals surface area contributed by atoms with Crippen LogP contribution in [0.2, 0.25) is 0 Å². The van der Waals surface area contributed by atoms with Crippen molar-refractivity contribution in [1.29, 1.82) is 0 Å². The van der Waals surface area contributed by atoms with Gasteiger partial charge in [-0.05, 0) is 73.6 Å². The first-order valence-corrected chi connectivity index (χ1v) is 9.57. The van der Waals surface area contributed by atoms with E-state index in [1.807, 2.05) is 11.7 Å². The van der Waals surface area contributed by atoms with Gasteiger partial charge in [-0.2, -0.15) is 5.10 Å². The standard InChI is InChI=1S/C21H24N4/c1-11-15(10-25(2)24-11)21-19-13-4-3-12(9-13)18(19)20-14-7-8-22-16(14)5-6-17(20)23-21/h5-8,10,12-13,18-19,21-23H,3-4,9H2,1-2H3/t12-,13+,18+,19-,21+/m1/s1. The van der Waals surface area contributed by atoms with Crippen LogP contribution in [0, 0.1) is 24.7 Å². The number of benzene rings is 1. The second kappa shape index (κ2) is 4.69. The summed E-state index contributed by atoms with van der Waals surface area (Å²) in [6, 6.07) is 7.18. The van der Waals surface area contributed by atoms with Gasteiger partial charge < -0.3 is 10.3 Å². The average molecular weight is 332 g/mol. The Labute approximate surface area is 147 Å². The summed E-state index contributed by atoms with van der Waals surface area (Å²) in [6.45, 7) is 2.16. The lowest BCUT2D eigenvalue weighted by atomic mass is 9.67. The molecule has 0 saturated heterocycles. The summed E-state index contributed by atoms with van der Waals surface area (Å²) in [4.78, 5) is 3.41. The number of aryl methyl sites for hydroxylation is 2. The topological polar surface area (TPSA) is 45.6 Å². The van der Waals surface area contributed by atoms with Crippen LogP contribution >= 0.6 is 0 Å². The lowest BCUT2D eigenvalue weighted by Crippen LogP contribution is -2.35. The summed E-state index contributed by atoms with van der Waals surface area (Å²) < 4.78 is 1.97. The third-order valence-electron chi connectivity index (χ3n) is 7.17. The van der Waals surface area contributed by atoms with Crippen molar-refractivity contribution >= 4 is 16.6 Å². The van der Waals surface area contributed by atoms with Gasteiger partial charge in [0.25, 0.3) is 0 Å². The summed E-state index contributed by atoms with van der Waals surface area (Å²) in [6.07, 6.45) is 8.54. The molecule has 25 heavy (non-hydrogen) atoms. The number of aromatic amines is 1. The van der Waals surface area contributed by atoms with Crippen molar-refractivity contribution in [3.63, 3.8) is 0 Å². The Kier molecular flexibility index (Phi) is 2.62. The zero-order valence-electron chi connectivity index (χ0n) is 14.8. The molecule has 128 valence electrons. The van der Waals surface area contributed by atoms with E-state index in [4.69, 9.17) is 0 Å². The number of nitrogens with zero attached hydrogens (tertiary/aromatic N) is 2. The number of H-pyrrole nitrogens is 1. The Balaban J connectivity index is 1.58. The number of nitrogens with one attached hydrogen (secondary N) is 2. The van der Waals surface area contributed by atoms with E-state index >= 15 is 0 Å². The number of hydrogen-bond donors (Lipinski definition) is 2. The number of anilines is 1. The largest absolute Gasteiger partial charge is 0.378 e. The molecule has 2 bridgehead atoms. The monoisotopic (exact) mass is 332 g/mol. The van der Waals surface area contributed by atoms with Crippen molar-refractivity contribution < 1.29 is 0 Å². The minimum atomic E-state index is 0.401. The van der Waals surface area contributed by atoms with Gasteiger partial charge >= 0.3 is 0 Å². The van der Waals surface area contributed by atoms with E-state index in [0.717, 1.165) is 11.8 Å². The maximum atomic E-state index is 4.63. The van der Waals surface area contributed by atoms with Crippen LogP contribution in [-0.4, -0.2) is 14.8 Å². The average Bonchev–Trinajstić information content (AvgIpc) is 3.37. The van der Waals surface area contributed by atoms with Crippen molar-refractivity contribution in [3.05, 3.63) is 47.4 Å². The van der Waals surface area contributed by atoms with Crippen LogP contribution in [0.15, 0.2) is 30.6 Å². The molecule has 4 heteroatoms. The second-order valence-electron chi connectivity index (χ2n) is 8.37. The smallest absolute Gasteiger partial charge is 0.0646 e. The van der Waals surface area contributed by atoms with E-state index in [1.165, 1.54) is 47.1 Å². The Hall–Kier alpha value is -2.23. The van der Waals surface area contributed by atoms with Crippen molar-refractivity contribution in [2.45, 2.75) is 38.1 Å². The minimum absolute atomic E-state index is 0.401. The zero-order valence-corrected chi connectivity index (χ0v) is 14.8. The Morgan fingerprint density at radius 2 is 2.04 bits per heavy atom. The van der Waals surface area contributed by atoms with Crippen LogP contribution in [-0.2, 0) is 7.05 Å². The van der Waals surface area contributed by atoms with Crippen LogP contribution in [0.3, 0.4) is 0 Å². The summed E-state index contributed by atoms with van der Waals surface area (Å²) in [7, 11) is 2.04. The molecule has 2 fully saturated rings. The first-order chi connectivity index (χ1) is 12.2. The van der Waals surface area contributed by atoms with Crippen molar-refractivity contribution in [3.8, 4) is 0 Å². The van der Waals surface area contributed by atoms with Crippen LogP contribution < -0.4 is 5.32 Å².